The molecule has 2 unspecified atom stereocenters. The standard InChI is InChI=1S/C12H18ClN3O2S/c1-8-4-3-5-16(9(8)2)19(17,18)10-6-11(13)12(14)15-7-10/h6-9H,3-5H2,1-2H3,(H2,14,15). The summed E-state index contributed by atoms with van der Waals surface area (Å²) in [6.07, 6.45) is 3.19. The van der Waals surface area contributed by atoms with E-state index >= 15 is 0 Å². The Morgan fingerprint density at radius 2 is 2.16 bits per heavy atom. The molecule has 1 aromatic heterocycles. The minimum absolute atomic E-state index is 0.0184. The number of halogens is 1. The Labute approximate surface area is 118 Å². The first-order valence-corrected chi connectivity index (χ1v) is 8.08. The summed E-state index contributed by atoms with van der Waals surface area (Å²) in [5.74, 6) is 0.487. The highest BCUT2D eigenvalue weighted by atomic mass is 35.5. The van der Waals surface area contributed by atoms with Gasteiger partial charge < -0.3 is 5.73 Å². The summed E-state index contributed by atoms with van der Waals surface area (Å²) >= 11 is 5.85. The van der Waals surface area contributed by atoms with Gasteiger partial charge in [0.1, 0.15) is 10.7 Å². The lowest BCUT2D eigenvalue weighted by Gasteiger charge is -2.36. The van der Waals surface area contributed by atoms with Crippen molar-refractivity contribution in [3.63, 3.8) is 0 Å². The average Bonchev–Trinajstić information content (AvgIpc) is 2.35. The van der Waals surface area contributed by atoms with Gasteiger partial charge in [-0.1, -0.05) is 18.5 Å². The molecular weight excluding hydrogens is 286 g/mol. The van der Waals surface area contributed by atoms with E-state index < -0.39 is 10.0 Å². The monoisotopic (exact) mass is 303 g/mol. The molecule has 0 bridgehead atoms. The number of sulfonamides is 1. The molecule has 1 aliphatic rings. The summed E-state index contributed by atoms with van der Waals surface area (Å²) in [5.41, 5.74) is 5.51. The van der Waals surface area contributed by atoms with Gasteiger partial charge in [-0.2, -0.15) is 4.31 Å². The molecule has 1 aliphatic heterocycles. The zero-order chi connectivity index (χ0) is 14.2. The third-order valence-corrected chi connectivity index (χ3v) is 6.02. The normalized spacial score (nSPS) is 25.4. The van der Waals surface area contributed by atoms with E-state index in [1.54, 1.807) is 0 Å². The molecule has 2 rings (SSSR count). The van der Waals surface area contributed by atoms with Gasteiger partial charge in [-0.15, -0.1) is 0 Å². The Hall–Kier alpha value is -0.850. The van der Waals surface area contributed by atoms with Gasteiger partial charge >= 0.3 is 0 Å². The lowest BCUT2D eigenvalue weighted by Crippen LogP contribution is -2.45. The zero-order valence-corrected chi connectivity index (χ0v) is 12.6. The van der Waals surface area contributed by atoms with Crippen LogP contribution in [0.4, 0.5) is 5.82 Å². The van der Waals surface area contributed by atoms with Gasteiger partial charge in [0.15, 0.2) is 0 Å². The highest BCUT2D eigenvalue weighted by molar-refractivity contribution is 7.89. The van der Waals surface area contributed by atoms with E-state index in [0.29, 0.717) is 12.5 Å². The maximum absolute atomic E-state index is 12.6. The highest BCUT2D eigenvalue weighted by Crippen LogP contribution is 2.30. The molecule has 1 fully saturated rings. The molecule has 1 aromatic rings. The minimum Gasteiger partial charge on any atom is -0.382 e. The molecule has 106 valence electrons. The summed E-state index contributed by atoms with van der Waals surface area (Å²) < 4.78 is 26.7. The van der Waals surface area contributed by atoms with Crippen LogP contribution >= 0.6 is 11.6 Å². The molecule has 1 saturated heterocycles. The molecular formula is C12H18ClN3O2S. The number of nitrogens with zero attached hydrogens (tertiary/aromatic N) is 2. The molecule has 0 saturated carbocycles. The van der Waals surface area contributed by atoms with Crippen molar-refractivity contribution < 1.29 is 8.42 Å². The molecule has 2 atom stereocenters. The highest BCUT2D eigenvalue weighted by Gasteiger charge is 2.34. The fraction of sp³-hybridized carbons (Fsp3) is 0.583. The van der Waals surface area contributed by atoms with Crippen molar-refractivity contribution in [3.8, 4) is 0 Å². The van der Waals surface area contributed by atoms with Gasteiger partial charge in [0.05, 0.1) is 5.02 Å². The summed E-state index contributed by atoms with van der Waals surface area (Å²) in [6, 6.07) is 1.35. The second kappa shape index (κ2) is 5.26. The van der Waals surface area contributed by atoms with Crippen molar-refractivity contribution in [2.24, 2.45) is 5.92 Å². The summed E-state index contributed by atoms with van der Waals surface area (Å²) in [4.78, 5) is 3.93. The van der Waals surface area contributed by atoms with Crippen LogP contribution in [0.3, 0.4) is 0 Å². The van der Waals surface area contributed by atoms with Crippen molar-refractivity contribution >= 4 is 27.4 Å². The second-order valence-electron chi connectivity index (χ2n) is 5.01. The fourth-order valence-corrected chi connectivity index (χ4v) is 4.31. The summed E-state index contributed by atoms with van der Waals surface area (Å²) in [5, 5.41) is 0.166. The zero-order valence-electron chi connectivity index (χ0n) is 11.0. The van der Waals surface area contributed by atoms with Crippen LogP contribution in [-0.4, -0.2) is 30.3 Å². The van der Waals surface area contributed by atoms with E-state index in [4.69, 9.17) is 17.3 Å². The van der Waals surface area contributed by atoms with Crippen LogP contribution in [0, 0.1) is 5.92 Å². The molecule has 2 N–H and O–H groups in total. The number of aromatic nitrogens is 1. The Kier molecular flexibility index (Phi) is 4.03. The van der Waals surface area contributed by atoms with Crippen LogP contribution < -0.4 is 5.73 Å². The second-order valence-corrected chi connectivity index (χ2v) is 7.31. The Morgan fingerprint density at radius 3 is 2.79 bits per heavy atom. The first-order valence-electron chi connectivity index (χ1n) is 6.27. The van der Waals surface area contributed by atoms with Gasteiger partial charge in [-0.25, -0.2) is 13.4 Å². The number of piperidine rings is 1. The average molecular weight is 304 g/mol. The lowest BCUT2D eigenvalue weighted by molar-refractivity contribution is 0.202. The number of nitrogens with two attached hydrogens (primary N) is 1. The van der Waals surface area contributed by atoms with Crippen molar-refractivity contribution in [1.82, 2.24) is 9.29 Å². The smallest absolute Gasteiger partial charge is 0.244 e. The van der Waals surface area contributed by atoms with Gasteiger partial charge in [0.25, 0.3) is 0 Å². The van der Waals surface area contributed by atoms with E-state index in [1.807, 2.05) is 6.92 Å². The van der Waals surface area contributed by atoms with Crippen molar-refractivity contribution in [2.75, 3.05) is 12.3 Å². The Balaban J connectivity index is 2.38. The SMILES string of the molecule is CC1CCCN(S(=O)(=O)c2cnc(N)c(Cl)c2)C1C. The quantitative estimate of drug-likeness (QED) is 0.908. The maximum atomic E-state index is 12.6. The largest absolute Gasteiger partial charge is 0.382 e. The van der Waals surface area contributed by atoms with Gasteiger partial charge in [-0.05, 0) is 31.7 Å². The number of nitrogen functional groups attached to an aromatic ring is 1. The molecule has 5 nitrogen and oxygen atoms in total. The van der Waals surface area contributed by atoms with Crippen LogP contribution in [0.2, 0.25) is 5.02 Å². The van der Waals surface area contributed by atoms with Crippen LogP contribution in [-0.2, 0) is 10.0 Å². The maximum Gasteiger partial charge on any atom is 0.244 e. The van der Waals surface area contributed by atoms with E-state index in [1.165, 1.54) is 16.6 Å². The van der Waals surface area contributed by atoms with Crippen LogP contribution in [0.25, 0.3) is 0 Å². The molecule has 0 spiro atoms. The Morgan fingerprint density at radius 1 is 1.47 bits per heavy atom. The fourth-order valence-electron chi connectivity index (χ4n) is 2.34. The van der Waals surface area contributed by atoms with E-state index in [2.05, 4.69) is 11.9 Å². The number of anilines is 1. The van der Waals surface area contributed by atoms with E-state index in [0.717, 1.165) is 12.8 Å². The van der Waals surface area contributed by atoms with Crippen molar-refractivity contribution in [2.45, 2.75) is 37.6 Å². The topological polar surface area (TPSA) is 76.3 Å². The molecule has 2 heterocycles. The van der Waals surface area contributed by atoms with Gasteiger partial charge in [0.2, 0.25) is 10.0 Å². The van der Waals surface area contributed by atoms with E-state index in [9.17, 15) is 8.42 Å². The molecule has 19 heavy (non-hydrogen) atoms. The minimum atomic E-state index is -3.55. The van der Waals surface area contributed by atoms with Gasteiger partial charge in [0, 0.05) is 18.8 Å². The predicted octanol–water partition coefficient (Wildman–Crippen LogP) is 2.13. The van der Waals surface area contributed by atoms with Crippen LogP contribution in [0.15, 0.2) is 17.2 Å². The van der Waals surface area contributed by atoms with E-state index in [-0.39, 0.29) is 21.8 Å². The van der Waals surface area contributed by atoms with Gasteiger partial charge in [-0.3, -0.25) is 0 Å². The molecule has 0 aromatic carbocycles. The summed E-state index contributed by atoms with van der Waals surface area (Å²) in [7, 11) is -3.55. The molecule has 0 amide bonds. The molecule has 0 radical (unpaired) electrons. The summed E-state index contributed by atoms with van der Waals surface area (Å²) in [6.45, 7) is 4.55. The van der Waals surface area contributed by atoms with Crippen LogP contribution in [0.1, 0.15) is 26.7 Å². The number of rotatable bonds is 2. The predicted molar refractivity (Wildman–Crippen MR) is 75.4 cm³/mol. The number of hydrogen-bond donors (Lipinski definition) is 1. The first kappa shape index (κ1) is 14.6. The lowest BCUT2D eigenvalue weighted by atomic mass is 9.94. The van der Waals surface area contributed by atoms with Crippen LogP contribution in [0.5, 0.6) is 0 Å². The third-order valence-electron chi connectivity index (χ3n) is 3.77. The third kappa shape index (κ3) is 2.70. The molecule has 7 heteroatoms. The number of pyridine rings is 1. The Bertz CT molecular complexity index is 576. The van der Waals surface area contributed by atoms with Crippen molar-refractivity contribution in [1.29, 1.82) is 0 Å². The molecule has 0 aliphatic carbocycles. The first-order chi connectivity index (χ1) is 8.84. The number of hydrogen-bond acceptors (Lipinski definition) is 4. The van der Waals surface area contributed by atoms with Crippen molar-refractivity contribution in [3.05, 3.63) is 17.3 Å².